The third-order valence-corrected chi connectivity index (χ3v) is 3.78. The van der Waals surface area contributed by atoms with Crippen molar-refractivity contribution in [3.05, 3.63) is 29.3 Å². The summed E-state index contributed by atoms with van der Waals surface area (Å²) in [6, 6.07) is 5.54. The fraction of sp³-hybridized carbons (Fsp3) is 0.467. The van der Waals surface area contributed by atoms with Gasteiger partial charge in [-0.1, -0.05) is 19.1 Å². The molecule has 108 valence electrons. The molecule has 0 spiro atoms. The van der Waals surface area contributed by atoms with Gasteiger partial charge < -0.3 is 14.7 Å². The van der Waals surface area contributed by atoms with E-state index in [1.54, 1.807) is 13.1 Å². The standard InChI is InChI=1S/C15H19NO4/c1-9-10(2)20-14-11(9)5-4-6-12(14)15(19)16(3)8-7-13(17)18/h4-6,9-10H,7-8H2,1-3H3,(H,17,18). The molecule has 0 aliphatic carbocycles. The van der Waals surface area contributed by atoms with E-state index in [4.69, 9.17) is 9.84 Å². The predicted molar refractivity (Wildman–Crippen MR) is 74.2 cm³/mol. The molecule has 0 bridgehead atoms. The second-order valence-corrected chi connectivity index (χ2v) is 5.21. The van der Waals surface area contributed by atoms with E-state index in [1.807, 2.05) is 19.1 Å². The van der Waals surface area contributed by atoms with E-state index < -0.39 is 5.97 Å². The van der Waals surface area contributed by atoms with Crippen LogP contribution in [0, 0.1) is 0 Å². The first-order chi connectivity index (χ1) is 9.41. The van der Waals surface area contributed by atoms with Crippen LogP contribution in [0.1, 0.15) is 42.1 Å². The zero-order valence-electron chi connectivity index (χ0n) is 11.9. The molecular weight excluding hydrogens is 258 g/mol. The quantitative estimate of drug-likeness (QED) is 0.915. The molecule has 0 aromatic heterocycles. The van der Waals surface area contributed by atoms with Crippen molar-refractivity contribution in [2.24, 2.45) is 0 Å². The zero-order valence-corrected chi connectivity index (χ0v) is 11.9. The van der Waals surface area contributed by atoms with Crippen molar-refractivity contribution >= 4 is 11.9 Å². The van der Waals surface area contributed by atoms with Crippen molar-refractivity contribution in [3.63, 3.8) is 0 Å². The average Bonchev–Trinajstić information content (AvgIpc) is 2.71. The molecule has 0 saturated carbocycles. The van der Waals surface area contributed by atoms with Crippen molar-refractivity contribution < 1.29 is 19.4 Å². The molecule has 5 heteroatoms. The molecule has 2 unspecified atom stereocenters. The Labute approximate surface area is 118 Å². The number of amides is 1. The summed E-state index contributed by atoms with van der Waals surface area (Å²) in [6.45, 7) is 4.23. The lowest BCUT2D eigenvalue weighted by molar-refractivity contribution is -0.137. The number of hydrogen-bond acceptors (Lipinski definition) is 3. The minimum absolute atomic E-state index is 0.0447. The van der Waals surface area contributed by atoms with Gasteiger partial charge in [-0.2, -0.15) is 0 Å². The molecule has 20 heavy (non-hydrogen) atoms. The van der Waals surface area contributed by atoms with Gasteiger partial charge in [0.05, 0.1) is 12.0 Å². The van der Waals surface area contributed by atoms with E-state index in [-0.39, 0.29) is 30.9 Å². The second-order valence-electron chi connectivity index (χ2n) is 5.21. The lowest BCUT2D eigenvalue weighted by Gasteiger charge is -2.17. The van der Waals surface area contributed by atoms with Crippen molar-refractivity contribution in [2.75, 3.05) is 13.6 Å². The third-order valence-electron chi connectivity index (χ3n) is 3.78. The molecule has 0 saturated heterocycles. The predicted octanol–water partition coefficient (Wildman–Crippen LogP) is 2.12. The van der Waals surface area contributed by atoms with Crippen LogP contribution in [0.2, 0.25) is 0 Å². The highest BCUT2D eigenvalue weighted by Gasteiger charge is 2.31. The van der Waals surface area contributed by atoms with E-state index in [0.717, 1.165) is 5.56 Å². The van der Waals surface area contributed by atoms with Crippen molar-refractivity contribution in [1.82, 2.24) is 4.90 Å². The number of carbonyl (C=O) groups excluding carboxylic acids is 1. The summed E-state index contributed by atoms with van der Waals surface area (Å²) in [5.74, 6) is -0.229. The largest absolute Gasteiger partial charge is 0.489 e. The Morgan fingerprint density at radius 2 is 2.05 bits per heavy atom. The van der Waals surface area contributed by atoms with Crippen LogP contribution in [0.5, 0.6) is 5.75 Å². The fourth-order valence-corrected chi connectivity index (χ4v) is 2.32. The number of hydrogen-bond donors (Lipinski definition) is 1. The van der Waals surface area contributed by atoms with Crippen LogP contribution >= 0.6 is 0 Å². The maximum atomic E-state index is 12.4. The summed E-state index contributed by atoms with van der Waals surface area (Å²) >= 11 is 0. The Hall–Kier alpha value is -2.04. The second kappa shape index (κ2) is 5.53. The molecule has 2 rings (SSSR count). The summed E-state index contributed by atoms with van der Waals surface area (Å²) in [6.07, 6.45) is -0.0199. The van der Waals surface area contributed by atoms with Gasteiger partial charge in [-0.05, 0) is 13.0 Å². The third kappa shape index (κ3) is 2.61. The topological polar surface area (TPSA) is 66.8 Å². The number of ether oxygens (including phenoxy) is 1. The maximum Gasteiger partial charge on any atom is 0.305 e. The minimum Gasteiger partial charge on any atom is -0.489 e. The molecule has 0 radical (unpaired) electrons. The Kier molecular flexibility index (Phi) is 3.97. The summed E-state index contributed by atoms with van der Waals surface area (Å²) < 4.78 is 5.78. The van der Waals surface area contributed by atoms with E-state index >= 15 is 0 Å². The molecule has 1 N–H and O–H groups in total. The highest BCUT2D eigenvalue weighted by atomic mass is 16.5. The van der Waals surface area contributed by atoms with Gasteiger partial charge in [0.2, 0.25) is 0 Å². The van der Waals surface area contributed by atoms with Crippen LogP contribution in [0.4, 0.5) is 0 Å². The van der Waals surface area contributed by atoms with Gasteiger partial charge in [0.1, 0.15) is 11.9 Å². The molecular formula is C15H19NO4. The SMILES string of the molecule is CC1Oc2c(C(=O)N(C)CCC(=O)O)cccc2C1C. The number of aliphatic carboxylic acids is 1. The van der Waals surface area contributed by atoms with Crippen LogP contribution in [0.15, 0.2) is 18.2 Å². The van der Waals surface area contributed by atoms with E-state index in [2.05, 4.69) is 6.92 Å². The minimum atomic E-state index is -0.915. The van der Waals surface area contributed by atoms with Gasteiger partial charge in [0.15, 0.2) is 0 Å². The highest BCUT2D eigenvalue weighted by Crippen LogP contribution is 2.40. The lowest BCUT2D eigenvalue weighted by atomic mass is 9.96. The highest BCUT2D eigenvalue weighted by molar-refractivity contribution is 5.97. The van der Waals surface area contributed by atoms with Crippen molar-refractivity contribution in [1.29, 1.82) is 0 Å². The van der Waals surface area contributed by atoms with Gasteiger partial charge in [-0.25, -0.2) is 0 Å². The van der Waals surface area contributed by atoms with Gasteiger partial charge in [0.25, 0.3) is 5.91 Å². The number of nitrogens with zero attached hydrogens (tertiary/aromatic N) is 1. The fourth-order valence-electron chi connectivity index (χ4n) is 2.32. The molecule has 1 aliphatic heterocycles. The van der Waals surface area contributed by atoms with Gasteiger partial charge in [-0.15, -0.1) is 0 Å². The molecule has 1 aromatic rings. The summed E-state index contributed by atoms with van der Waals surface area (Å²) in [5.41, 5.74) is 1.54. The van der Waals surface area contributed by atoms with Crippen molar-refractivity contribution in [2.45, 2.75) is 32.3 Å². The summed E-state index contributed by atoms with van der Waals surface area (Å²) in [7, 11) is 1.60. The van der Waals surface area contributed by atoms with Crippen LogP contribution < -0.4 is 4.74 Å². The molecule has 1 aliphatic rings. The smallest absolute Gasteiger partial charge is 0.305 e. The number of carboxylic acid groups (broad SMARTS) is 1. The first-order valence-electron chi connectivity index (χ1n) is 6.68. The lowest BCUT2D eigenvalue weighted by Crippen LogP contribution is -2.29. The van der Waals surface area contributed by atoms with E-state index in [0.29, 0.717) is 11.3 Å². The van der Waals surface area contributed by atoms with Crippen LogP contribution in [0.25, 0.3) is 0 Å². The molecule has 0 fully saturated rings. The summed E-state index contributed by atoms with van der Waals surface area (Å²) in [4.78, 5) is 24.4. The Bertz CT molecular complexity index is 541. The normalized spacial score (nSPS) is 20.1. The number of carbonyl (C=O) groups is 2. The van der Waals surface area contributed by atoms with Gasteiger partial charge in [-0.3, -0.25) is 9.59 Å². The first-order valence-corrected chi connectivity index (χ1v) is 6.68. The Morgan fingerprint density at radius 1 is 1.35 bits per heavy atom. The molecule has 5 nitrogen and oxygen atoms in total. The number of carboxylic acids is 1. The molecule has 1 heterocycles. The number of benzene rings is 1. The monoisotopic (exact) mass is 277 g/mol. The van der Waals surface area contributed by atoms with Crippen LogP contribution in [0.3, 0.4) is 0 Å². The number of para-hydroxylation sites is 1. The van der Waals surface area contributed by atoms with E-state index in [9.17, 15) is 9.59 Å². The van der Waals surface area contributed by atoms with Gasteiger partial charge in [0, 0.05) is 25.1 Å². The zero-order chi connectivity index (χ0) is 14.9. The Morgan fingerprint density at radius 3 is 2.70 bits per heavy atom. The molecule has 1 amide bonds. The summed E-state index contributed by atoms with van der Waals surface area (Å²) in [5, 5.41) is 8.68. The average molecular weight is 277 g/mol. The van der Waals surface area contributed by atoms with Crippen LogP contribution in [-0.4, -0.2) is 41.6 Å². The van der Waals surface area contributed by atoms with E-state index in [1.165, 1.54) is 4.90 Å². The Balaban J connectivity index is 2.22. The number of rotatable bonds is 4. The van der Waals surface area contributed by atoms with Gasteiger partial charge >= 0.3 is 5.97 Å². The van der Waals surface area contributed by atoms with Crippen LogP contribution in [-0.2, 0) is 4.79 Å². The van der Waals surface area contributed by atoms with Crippen molar-refractivity contribution in [3.8, 4) is 5.75 Å². The molecule has 1 aromatic carbocycles. The number of fused-ring (bicyclic) bond motifs is 1. The molecule has 2 atom stereocenters. The maximum absolute atomic E-state index is 12.4. The first kappa shape index (κ1) is 14.4.